The third-order valence-electron chi connectivity index (χ3n) is 2.60. The van der Waals surface area contributed by atoms with Crippen LogP contribution in [0.1, 0.15) is 40.0 Å². The summed E-state index contributed by atoms with van der Waals surface area (Å²) in [5.41, 5.74) is -0.447. The van der Waals surface area contributed by atoms with Crippen LogP contribution in [0.3, 0.4) is 0 Å². The van der Waals surface area contributed by atoms with Crippen molar-refractivity contribution in [2.75, 3.05) is 46.6 Å². The molecule has 1 N–H and O–H groups in total. The lowest BCUT2D eigenvalue weighted by Crippen LogP contribution is -2.34. The Kier molecular flexibility index (Phi) is 11.3. The van der Waals surface area contributed by atoms with Crippen molar-refractivity contribution in [3.05, 3.63) is 0 Å². The number of carbonyl (C=O) groups is 1. The normalized spacial score (nSPS) is 11.5. The molecule has 126 valence electrons. The maximum absolute atomic E-state index is 11.7. The summed E-state index contributed by atoms with van der Waals surface area (Å²) in [6, 6.07) is 0. The molecule has 0 aromatic carbocycles. The highest BCUT2D eigenvalue weighted by Crippen LogP contribution is 2.09. The topological polar surface area (TPSA) is 68.2 Å². The number of rotatable bonds is 11. The van der Waals surface area contributed by atoms with E-state index in [0.29, 0.717) is 33.0 Å². The lowest BCUT2D eigenvalue weighted by molar-refractivity contribution is 0.0282. The summed E-state index contributed by atoms with van der Waals surface area (Å²) < 4.78 is 15.7. The van der Waals surface area contributed by atoms with Crippen LogP contribution in [0.5, 0.6) is 0 Å². The van der Waals surface area contributed by atoms with E-state index >= 15 is 0 Å². The first kappa shape index (κ1) is 20.1. The first-order valence-electron chi connectivity index (χ1n) is 7.57. The van der Waals surface area contributed by atoms with E-state index in [0.717, 1.165) is 19.3 Å². The zero-order valence-corrected chi connectivity index (χ0v) is 13.9. The quantitative estimate of drug-likeness (QED) is 0.592. The van der Waals surface area contributed by atoms with Crippen molar-refractivity contribution in [1.29, 1.82) is 0 Å². The summed E-state index contributed by atoms with van der Waals surface area (Å²) in [6.45, 7) is 8.44. The fourth-order valence-electron chi connectivity index (χ4n) is 1.55. The van der Waals surface area contributed by atoms with Gasteiger partial charge in [0.2, 0.25) is 0 Å². The van der Waals surface area contributed by atoms with Crippen LogP contribution in [-0.2, 0) is 14.2 Å². The van der Waals surface area contributed by atoms with Crippen LogP contribution in [0.25, 0.3) is 0 Å². The van der Waals surface area contributed by atoms with Gasteiger partial charge in [-0.3, -0.25) is 0 Å². The molecule has 0 spiro atoms. The molecule has 6 nitrogen and oxygen atoms in total. The summed E-state index contributed by atoms with van der Waals surface area (Å²) in [7, 11) is 1.75. The minimum Gasteiger partial charge on any atom is -0.444 e. The molecule has 0 aliphatic carbocycles. The molecule has 6 heteroatoms. The predicted molar refractivity (Wildman–Crippen MR) is 81.4 cm³/mol. The molecule has 0 aliphatic rings. The highest BCUT2D eigenvalue weighted by atomic mass is 16.6. The molecule has 0 unspecified atom stereocenters. The SMILES string of the molecule is CN(CCCCCOCCOCCO)C(=O)OC(C)(C)C. The third-order valence-corrected chi connectivity index (χ3v) is 2.60. The molecule has 0 atom stereocenters. The van der Waals surface area contributed by atoms with Crippen LogP contribution in [0, 0.1) is 0 Å². The number of aliphatic hydroxyl groups is 1. The van der Waals surface area contributed by atoms with Crippen molar-refractivity contribution in [2.24, 2.45) is 0 Å². The Balaban J connectivity index is 3.40. The lowest BCUT2D eigenvalue weighted by atomic mass is 10.2. The van der Waals surface area contributed by atoms with E-state index in [1.165, 1.54) is 0 Å². The molecule has 0 saturated carbocycles. The van der Waals surface area contributed by atoms with Crippen LogP contribution >= 0.6 is 0 Å². The molecule has 0 bridgehead atoms. The van der Waals surface area contributed by atoms with Gasteiger partial charge in [0.1, 0.15) is 5.60 Å². The molecule has 21 heavy (non-hydrogen) atoms. The minimum atomic E-state index is -0.447. The van der Waals surface area contributed by atoms with Gasteiger partial charge in [-0.15, -0.1) is 0 Å². The summed E-state index contributed by atoms with van der Waals surface area (Å²) >= 11 is 0. The number of hydrogen-bond donors (Lipinski definition) is 1. The second kappa shape index (κ2) is 11.8. The third kappa shape index (κ3) is 13.9. The molecule has 0 saturated heterocycles. The van der Waals surface area contributed by atoms with E-state index in [4.69, 9.17) is 19.3 Å². The van der Waals surface area contributed by atoms with Gasteiger partial charge in [-0.1, -0.05) is 0 Å². The second-order valence-corrected chi connectivity index (χ2v) is 5.91. The number of nitrogens with zero attached hydrogens (tertiary/aromatic N) is 1. The molecule has 0 aliphatic heterocycles. The fraction of sp³-hybridized carbons (Fsp3) is 0.933. The largest absolute Gasteiger partial charge is 0.444 e. The molecule has 0 rings (SSSR count). The molecule has 0 radical (unpaired) electrons. The molecule has 1 amide bonds. The Morgan fingerprint density at radius 1 is 1.00 bits per heavy atom. The lowest BCUT2D eigenvalue weighted by Gasteiger charge is -2.24. The first-order valence-corrected chi connectivity index (χ1v) is 7.57. The zero-order valence-electron chi connectivity index (χ0n) is 13.9. The van der Waals surface area contributed by atoms with Crippen LogP contribution in [0.4, 0.5) is 4.79 Å². The van der Waals surface area contributed by atoms with Crippen LogP contribution < -0.4 is 0 Å². The number of unbranched alkanes of at least 4 members (excludes halogenated alkanes) is 2. The maximum atomic E-state index is 11.7. The average molecular weight is 305 g/mol. The van der Waals surface area contributed by atoms with Gasteiger partial charge < -0.3 is 24.2 Å². The number of ether oxygens (including phenoxy) is 3. The van der Waals surface area contributed by atoms with E-state index in [-0.39, 0.29) is 12.7 Å². The van der Waals surface area contributed by atoms with Gasteiger partial charge in [0, 0.05) is 20.2 Å². The van der Waals surface area contributed by atoms with Gasteiger partial charge in [-0.25, -0.2) is 4.79 Å². The van der Waals surface area contributed by atoms with Crippen LogP contribution in [0.15, 0.2) is 0 Å². The van der Waals surface area contributed by atoms with E-state index in [1.807, 2.05) is 20.8 Å². The maximum Gasteiger partial charge on any atom is 0.410 e. The summed E-state index contributed by atoms with van der Waals surface area (Å²) in [4.78, 5) is 13.3. The van der Waals surface area contributed by atoms with Gasteiger partial charge >= 0.3 is 6.09 Å². The smallest absolute Gasteiger partial charge is 0.410 e. The van der Waals surface area contributed by atoms with Crippen molar-refractivity contribution >= 4 is 6.09 Å². The number of hydrogen-bond acceptors (Lipinski definition) is 5. The average Bonchev–Trinajstić information content (AvgIpc) is 2.38. The first-order chi connectivity index (χ1) is 9.87. The number of amides is 1. The fourth-order valence-corrected chi connectivity index (χ4v) is 1.55. The van der Waals surface area contributed by atoms with Crippen molar-refractivity contribution in [3.63, 3.8) is 0 Å². The van der Waals surface area contributed by atoms with Crippen LogP contribution in [-0.4, -0.2) is 68.3 Å². The van der Waals surface area contributed by atoms with Crippen LogP contribution in [0.2, 0.25) is 0 Å². The van der Waals surface area contributed by atoms with Gasteiger partial charge in [0.15, 0.2) is 0 Å². The molecule has 0 fully saturated rings. The number of aliphatic hydroxyl groups excluding tert-OH is 1. The monoisotopic (exact) mass is 305 g/mol. The molecular formula is C15H31NO5. The Labute approximate surface area is 128 Å². The van der Waals surface area contributed by atoms with E-state index in [9.17, 15) is 4.79 Å². The Hall–Kier alpha value is -0.850. The molecular weight excluding hydrogens is 274 g/mol. The molecule has 0 aromatic rings. The van der Waals surface area contributed by atoms with E-state index in [2.05, 4.69) is 0 Å². The Bertz CT molecular complexity index is 265. The standard InChI is InChI=1S/C15H31NO5/c1-15(2,3)21-14(18)16(4)8-6-5-7-10-19-12-13-20-11-9-17/h17H,5-13H2,1-4H3. The van der Waals surface area contributed by atoms with Gasteiger partial charge in [0.05, 0.1) is 26.4 Å². The highest BCUT2D eigenvalue weighted by Gasteiger charge is 2.18. The van der Waals surface area contributed by atoms with Gasteiger partial charge in [-0.05, 0) is 40.0 Å². The van der Waals surface area contributed by atoms with Gasteiger partial charge in [-0.2, -0.15) is 0 Å². The summed E-state index contributed by atoms with van der Waals surface area (Å²) in [6.07, 6.45) is 2.62. The summed E-state index contributed by atoms with van der Waals surface area (Å²) in [5, 5.41) is 8.51. The van der Waals surface area contributed by atoms with Crippen molar-refractivity contribution in [2.45, 2.75) is 45.6 Å². The minimum absolute atomic E-state index is 0.0468. The zero-order chi connectivity index (χ0) is 16.1. The van der Waals surface area contributed by atoms with E-state index in [1.54, 1.807) is 11.9 Å². The summed E-state index contributed by atoms with van der Waals surface area (Å²) in [5.74, 6) is 0. The number of carbonyl (C=O) groups excluding carboxylic acids is 1. The highest BCUT2D eigenvalue weighted by molar-refractivity contribution is 5.67. The van der Waals surface area contributed by atoms with Gasteiger partial charge in [0.25, 0.3) is 0 Å². The molecule has 0 heterocycles. The van der Waals surface area contributed by atoms with Crippen molar-refractivity contribution in [1.82, 2.24) is 4.90 Å². The van der Waals surface area contributed by atoms with Crippen molar-refractivity contribution < 1.29 is 24.1 Å². The molecule has 0 aromatic heterocycles. The van der Waals surface area contributed by atoms with Crippen molar-refractivity contribution in [3.8, 4) is 0 Å². The second-order valence-electron chi connectivity index (χ2n) is 5.91. The Morgan fingerprint density at radius 3 is 2.19 bits per heavy atom. The Morgan fingerprint density at radius 2 is 1.62 bits per heavy atom. The predicted octanol–water partition coefficient (Wildman–Crippen LogP) is 2.05. The van der Waals surface area contributed by atoms with E-state index < -0.39 is 5.60 Å².